The van der Waals surface area contributed by atoms with E-state index in [2.05, 4.69) is 57.2 Å². The predicted octanol–water partition coefficient (Wildman–Crippen LogP) is 12.3. The highest BCUT2D eigenvalue weighted by atomic mass is 16.6. The van der Waals surface area contributed by atoms with Crippen LogP contribution in [0.1, 0.15) is 188 Å². The summed E-state index contributed by atoms with van der Waals surface area (Å²) in [7, 11) is 0. The molecule has 0 aliphatic rings. The van der Waals surface area contributed by atoms with Crippen LogP contribution in [0.3, 0.4) is 0 Å². The molecule has 0 spiro atoms. The van der Waals surface area contributed by atoms with Crippen molar-refractivity contribution >= 4 is 11.9 Å². The maximum Gasteiger partial charge on any atom is 0.306 e. The Morgan fingerprint density at radius 2 is 0.978 bits per heavy atom. The van der Waals surface area contributed by atoms with Gasteiger partial charge in [0.25, 0.3) is 0 Å². The van der Waals surface area contributed by atoms with E-state index < -0.39 is 6.10 Å². The number of hydrogen-bond donors (Lipinski definition) is 0. The highest BCUT2D eigenvalue weighted by molar-refractivity contribution is 5.70. The standard InChI is InChI=1S/C41H74O5/c1-4-7-10-13-16-18-19-20-21-22-24-27-30-33-36-44-37-39(46-41(43)35-32-29-25-15-12-9-6-3)38-45-40(42)34-31-28-26-23-17-14-11-8-5-2/h7,10,16,18,20-21,39H,4-6,8-9,11-15,17,19,22-38H2,1-3H3/b10-7-,18-16-,21-20-. The van der Waals surface area contributed by atoms with E-state index in [0.717, 1.165) is 64.2 Å². The van der Waals surface area contributed by atoms with E-state index in [9.17, 15) is 9.59 Å². The van der Waals surface area contributed by atoms with E-state index in [1.807, 2.05) is 0 Å². The van der Waals surface area contributed by atoms with E-state index >= 15 is 0 Å². The van der Waals surface area contributed by atoms with Crippen LogP contribution < -0.4 is 0 Å². The molecule has 0 radical (unpaired) electrons. The Morgan fingerprint density at radius 3 is 1.57 bits per heavy atom. The van der Waals surface area contributed by atoms with Gasteiger partial charge >= 0.3 is 11.9 Å². The third-order valence-corrected chi connectivity index (χ3v) is 8.19. The molecule has 0 fully saturated rings. The van der Waals surface area contributed by atoms with Crippen molar-refractivity contribution in [3.8, 4) is 0 Å². The Bertz CT molecular complexity index is 741. The first-order valence-corrected chi connectivity index (χ1v) is 19.5. The van der Waals surface area contributed by atoms with Crippen LogP contribution in [0.15, 0.2) is 36.5 Å². The molecule has 0 amide bonds. The van der Waals surface area contributed by atoms with Crippen molar-refractivity contribution in [1.29, 1.82) is 0 Å². The van der Waals surface area contributed by atoms with E-state index in [1.54, 1.807) is 0 Å². The lowest BCUT2D eigenvalue weighted by Crippen LogP contribution is -2.30. The molecule has 268 valence electrons. The Labute approximate surface area is 285 Å². The lowest BCUT2D eigenvalue weighted by molar-refractivity contribution is -0.163. The first kappa shape index (κ1) is 44.1. The highest BCUT2D eigenvalue weighted by Crippen LogP contribution is 2.13. The second-order valence-corrected chi connectivity index (χ2v) is 12.8. The summed E-state index contributed by atoms with van der Waals surface area (Å²) in [5.74, 6) is -0.417. The highest BCUT2D eigenvalue weighted by Gasteiger charge is 2.17. The fourth-order valence-electron chi connectivity index (χ4n) is 5.29. The molecule has 0 aliphatic carbocycles. The quantitative estimate of drug-likeness (QED) is 0.0389. The van der Waals surface area contributed by atoms with Crippen molar-refractivity contribution in [3.05, 3.63) is 36.5 Å². The molecule has 0 aromatic carbocycles. The van der Waals surface area contributed by atoms with Gasteiger partial charge in [0.2, 0.25) is 0 Å². The van der Waals surface area contributed by atoms with Crippen LogP contribution in [-0.2, 0) is 23.8 Å². The normalized spacial score (nSPS) is 12.5. The molecule has 0 aromatic heterocycles. The van der Waals surface area contributed by atoms with Gasteiger partial charge in [-0.2, -0.15) is 0 Å². The minimum atomic E-state index is -0.536. The molecular formula is C41H74O5. The molecule has 46 heavy (non-hydrogen) atoms. The summed E-state index contributed by atoms with van der Waals surface area (Å²) in [5, 5.41) is 0. The van der Waals surface area contributed by atoms with Gasteiger partial charge in [-0.3, -0.25) is 9.59 Å². The van der Waals surface area contributed by atoms with Crippen molar-refractivity contribution in [1.82, 2.24) is 0 Å². The largest absolute Gasteiger partial charge is 0.462 e. The summed E-state index contributed by atoms with van der Waals surface area (Å²) in [4.78, 5) is 24.9. The topological polar surface area (TPSA) is 61.8 Å². The van der Waals surface area contributed by atoms with Crippen molar-refractivity contribution < 1.29 is 23.8 Å². The average molecular weight is 647 g/mol. The molecule has 0 aromatic rings. The van der Waals surface area contributed by atoms with E-state index in [0.29, 0.717) is 19.4 Å². The minimum Gasteiger partial charge on any atom is -0.462 e. The Morgan fingerprint density at radius 1 is 0.500 bits per heavy atom. The molecule has 0 heterocycles. The van der Waals surface area contributed by atoms with Gasteiger partial charge in [0.1, 0.15) is 6.61 Å². The predicted molar refractivity (Wildman–Crippen MR) is 196 cm³/mol. The molecule has 0 rings (SSSR count). The molecule has 0 aliphatic heterocycles. The van der Waals surface area contributed by atoms with Crippen molar-refractivity contribution in [3.63, 3.8) is 0 Å². The van der Waals surface area contributed by atoms with Gasteiger partial charge in [-0.25, -0.2) is 0 Å². The monoisotopic (exact) mass is 647 g/mol. The maximum atomic E-state index is 12.5. The van der Waals surface area contributed by atoms with Gasteiger partial charge in [0.05, 0.1) is 6.61 Å². The number of ether oxygens (including phenoxy) is 3. The summed E-state index contributed by atoms with van der Waals surface area (Å²) in [6.07, 6.45) is 41.5. The summed E-state index contributed by atoms with van der Waals surface area (Å²) in [6.45, 7) is 7.61. The molecule has 0 N–H and O–H groups in total. The third-order valence-electron chi connectivity index (χ3n) is 8.19. The summed E-state index contributed by atoms with van der Waals surface area (Å²) >= 11 is 0. The number of unbranched alkanes of at least 4 members (excludes halogenated alkanes) is 18. The molecule has 1 unspecified atom stereocenters. The van der Waals surface area contributed by atoms with Crippen LogP contribution in [0.25, 0.3) is 0 Å². The lowest BCUT2D eigenvalue weighted by Gasteiger charge is -2.18. The number of hydrogen-bond acceptors (Lipinski definition) is 5. The number of esters is 2. The second kappa shape index (κ2) is 37.6. The average Bonchev–Trinajstić information content (AvgIpc) is 3.05. The van der Waals surface area contributed by atoms with E-state index in [4.69, 9.17) is 14.2 Å². The van der Waals surface area contributed by atoms with E-state index in [1.165, 1.54) is 89.9 Å². The fraction of sp³-hybridized carbons (Fsp3) is 0.805. The van der Waals surface area contributed by atoms with Crippen molar-refractivity contribution in [2.45, 2.75) is 194 Å². The zero-order chi connectivity index (χ0) is 33.6. The van der Waals surface area contributed by atoms with Gasteiger partial charge < -0.3 is 14.2 Å². The SMILES string of the molecule is CC/C=C\C/C=C\C/C=C\CCCCCCOCC(COC(=O)CCCCCCCCCCC)OC(=O)CCCCCCCCC. The summed E-state index contributed by atoms with van der Waals surface area (Å²) in [5.41, 5.74) is 0. The smallest absolute Gasteiger partial charge is 0.306 e. The maximum absolute atomic E-state index is 12.5. The number of carbonyl (C=O) groups is 2. The van der Waals surface area contributed by atoms with Crippen molar-refractivity contribution in [2.75, 3.05) is 19.8 Å². The minimum absolute atomic E-state index is 0.0793. The van der Waals surface area contributed by atoms with Crippen LogP contribution in [-0.4, -0.2) is 37.9 Å². The zero-order valence-corrected chi connectivity index (χ0v) is 30.6. The summed E-state index contributed by atoms with van der Waals surface area (Å²) < 4.78 is 17.1. The molecule has 5 nitrogen and oxygen atoms in total. The molecule has 0 saturated heterocycles. The van der Waals surface area contributed by atoms with Crippen LogP contribution >= 0.6 is 0 Å². The molecule has 0 saturated carbocycles. The van der Waals surface area contributed by atoms with Crippen LogP contribution in [0.2, 0.25) is 0 Å². The summed E-state index contributed by atoms with van der Waals surface area (Å²) in [6, 6.07) is 0. The van der Waals surface area contributed by atoms with Crippen LogP contribution in [0.5, 0.6) is 0 Å². The van der Waals surface area contributed by atoms with Gasteiger partial charge in [0, 0.05) is 19.4 Å². The van der Waals surface area contributed by atoms with Crippen molar-refractivity contribution in [2.24, 2.45) is 0 Å². The van der Waals surface area contributed by atoms with E-state index in [-0.39, 0.29) is 25.2 Å². The Hall–Kier alpha value is -1.88. The molecule has 5 heteroatoms. The first-order chi connectivity index (χ1) is 22.6. The molecular weight excluding hydrogens is 572 g/mol. The van der Waals surface area contributed by atoms with Crippen LogP contribution in [0.4, 0.5) is 0 Å². The zero-order valence-electron chi connectivity index (χ0n) is 30.6. The Kier molecular flexibility index (Phi) is 36.0. The first-order valence-electron chi connectivity index (χ1n) is 19.5. The lowest BCUT2D eigenvalue weighted by atomic mass is 10.1. The number of allylic oxidation sites excluding steroid dienone is 6. The molecule has 1 atom stereocenters. The third kappa shape index (κ3) is 35.0. The second-order valence-electron chi connectivity index (χ2n) is 12.8. The van der Waals surface area contributed by atoms with Crippen LogP contribution in [0, 0.1) is 0 Å². The van der Waals surface area contributed by atoms with Gasteiger partial charge in [-0.15, -0.1) is 0 Å². The molecule has 0 bridgehead atoms. The Balaban J connectivity index is 4.22. The number of carbonyl (C=O) groups excluding carboxylic acids is 2. The van der Waals surface area contributed by atoms with Gasteiger partial charge in [0.15, 0.2) is 6.10 Å². The van der Waals surface area contributed by atoms with Gasteiger partial charge in [-0.1, -0.05) is 160 Å². The fourth-order valence-corrected chi connectivity index (χ4v) is 5.29. The number of rotatable bonds is 35. The van der Waals surface area contributed by atoms with Gasteiger partial charge in [-0.05, 0) is 51.4 Å².